The molecule has 0 amide bonds. The molecule has 1 aliphatic heterocycles. The summed E-state index contributed by atoms with van der Waals surface area (Å²) >= 11 is 0. The first-order chi connectivity index (χ1) is 8.38. The van der Waals surface area contributed by atoms with Crippen LogP contribution in [0.25, 0.3) is 0 Å². The van der Waals surface area contributed by atoms with Crippen LogP contribution >= 0.6 is 0 Å². The van der Waals surface area contributed by atoms with Gasteiger partial charge in [-0.3, -0.25) is 0 Å². The summed E-state index contributed by atoms with van der Waals surface area (Å²) in [7, 11) is 0. The first-order valence-corrected chi connectivity index (χ1v) is 6.81. The van der Waals surface area contributed by atoms with Crippen molar-refractivity contribution in [3.8, 4) is 0 Å². The second-order valence-corrected chi connectivity index (χ2v) is 4.95. The summed E-state index contributed by atoms with van der Waals surface area (Å²) in [6, 6.07) is 2.21. The van der Waals surface area contributed by atoms with Crippen molar-refractivity contribution in [3.63, 3.8) is 0 Å². The molecular weight excluding hydrogens is 212 g/mol. The van der Waals surface area contributed by atoms with Crippen LogP contribution in [0, 0.1) is 5.92 Å². The van der Waals surface area contributed by atoms with Crippen LogP contribution in [-0.4, -0.2) is 24.3 Å². The Balaban J connectivity index is 1.60. The lowest BCUT2D eigenvalue weighted by molar-refractivity contribution is 0.184. The second kappa shape index (κ2) is 6.82. The van der Waals surface area contributed by atoms with Gasteiger partial charge in [-0.2, -0.15) is 0 Å². The minimum Gasteiger partial charge on any atom is -0.381 e. The average Bonchev–Trinajstić information content (AvgIpc) is 2.96. The van der Waals surface area contributed by atoms with E-state index in [4.69, 9.17) is 4.74 Å². The number of rotatable bonds is 7. The third-order valence-corrected chi connectivity index (χ3v) is 3.38. The average molecular weight is 236 g/mol. The third-order valence-electron chi connectivity index (χ3n) is 3.38. The molecule has 1 unspecified atom stereocenters. The van der Waals surface area contributed by atoms with Gasteiger partial charge < -0.3 is 14.6 Å². The highest BCUT2D eigenvalue weighted by Crippen LogP contribution is 2.15. The molecule has 3 nitrogen and oxygen atoms in total. The van der Waals surface area contributed by atoms with E-state index < -0.39 is 0 Å². The fraction of sp³-hybridized carbons (Fsp3) is 0.714. The fourth-order valence-corrected chi connectivity index (χ4v) is 2.34. The summed E-state index contributed by atoms with van der Waals surface area (Å²) in [6.45, 7) is 7.36. The Labute approximate surface area is 104 Å². The number of hydrogen-bond donors (Lipinski definition) is 1. The Morgan fingerprint density at radius 1 is 1.53 bits per heavy atom. The van der Waals surface area contributed by atoms with Gasteiger partial charge in [0.2, 0.25) is 0 Å². The molecule has 2 rings (SSSR count). The van der Waals surface area contributed by atoms with Gasteiger partial charge >= 0.3 is 0 Å². The second-order valence-electron chi connectivity index (χ2n) is 4.95. The van der Waals surface area contributed by atoms with Crippen LogP contribution < -0.4 is 5.32 Å². The molecule has 0 bridgehead atoms. The summed E-state index contributed by atoms with van der Waals surface area (Å²) in [6.07, 6.45) is 8.11. The maximum atomic E-state index is 5.37. The van der Waals surface area contributed by atoms with E-state index in [9.17, 15) is 0 Å². The maximum absolute atomic E-state index is 5.37. The standard InChI is InChI=1S/C14H24N2O/c1-2-7-16-8-4-14(11-16)10-15-6-3-13-5-9-17-12-13/h4,8,11,13,15H,2-3,5-7,9-10,12H2,1H3. The van der Waals surface area contributed by atoms with Crippen molar-refractivity contribution in [2.45, 2.75) is 39.3 Å². The zero-order valence-electron chi connectivity index (χ0n) is 10.8. The van der Waals surface area contributed by atoms with Gasteiger partial charge in [-0.05, 0) is 43.4 Å². The highest BCUT2D eigenvalue weighted by molar-refractivity contribution is 5.09. The van der Waals surface area contributed by atoms with E-state index >= 15 is 0 Å². The highest BCUT2D eigenvalue weighted by Gasteiger charge is 2.14. The Morgan fingerprint density at radius 3 is 3.24 bits per heavy atom. The summed E-state index contributed by atoms with van der Waals surface area (Å²) in [4.78, 5) is 0. The number of nitrogens with one attached hydrogen (secondary N) is 1. The molecule has 1 fully saturated rings. The quantitative estimate of drug-likeness (QED) is 0.736. The Kier molecular flexibility index (Phi) is 5.08. The van der Waals surface area contributed by atoms with Crippen LogP contribution in [0.15, 0.2) is 18.5 Å². The van der Waals surface area contributed by atoms with Gasteiger partial charge in [0, 0.05) is 38.7 Å². The number of aryl methyl sites for hydroxylation is 1. The van der Waals surface area contributed by atoms with Crippen LogP contribution in [0.3, 0.4) is 0 Å². The van der Waals surface area contributed by atoms with E-state index in [0.717, 1.165) is 38.8 Å². The van der Waals surface area contributed by atoms with Gasteiger partial charge in [0.05, 0.1) is 0 Å². The minimum atomic E-state index is 0.784. The van der Waals surface area contributed by atoms with Gasteiger partial charge in [0.25, 0.3) is 0 Å². The van der Waals surface area contributed by atoms with Crippen molar-refractivity contribution in [1.29, 1.82) is 0 Å². The van der Waals surface area contributed by atoms with Crippen LogP contribution in [0.2, 0.25) is 0 Å². The zero-order valence-corrected chi connectivity index (χ0v) is 10.8. The van der Waals surface area contributed by atoms with Crippen molar-refractivity contribution in [3.05, 3.63) is 24.0 Å². The predicted octanol–water partition coefficient (Wildman–Crippen LogP) is 2.41. The lowest BCUT2D eigenvalue weighted by atomic mass is 10.1. The maximum Gasteiger partial charge on any atom is 0.0495 e. The van der Waals surface area contributed by atoms with E-state index in [-0.39, 0.29) is 0 Å². The highest BCUT2D eigenvalue weighted by atomic mass is 16.5. The number of ether oxygens (including phenoxy) is 1. The van der Waals surface area contributed by atoms with E-state index in [1.54, 1.807) is 0 Å². The SMILES string of the molecule is CCCn1ccc(CNCCC2CCOC2)c1. The zero-order chi connectivity index (χ0) is 11.9. The molecule has 1 aliphatic rings. The summed E-state index contributed by atoms with van der Waals surface area (Å²) in [5.74, 6) is 0.784. The first-order valence-electron chi connectivity index (χ1n) is 6.81. The molecule has 0 radical (unpaired) electrons. The lowest BCUT2D eigenvalue weighted by Crippen LogP contribution is -2.17. The molecule has 17 heavy (non-hydrogen) atoms. The lowest BCUT2D eigenvalue weighted by Gasteiger charge is -2.07. The normalized spacial score (nSPS) is 19.9. The van der Waals surface area contributed by atoms with Crippen LogP contribution in [0.5, 0.6) is 0 Å². The molecule has 0 aromatic carbocycles. The topological polar surface area (TPSA) is 26.2 Å². The summed E-state index contributed by atoms with van der Waals surface area (Å²) < 4.78 is 7.64. The van der Waals surface area contributed by atoms with E-state index in [2.05, 4.69) is 35.3 Å². The van der Waals surface area contributed by atoms with Crippen molar-refractivity contribution >= 4 is 0 Å². The van der Waals surface area contributed by atoms with Crippen LogP contribution in [0.4, 0.5) is 0 Å². The molecule has 3 heteroatoms. The van der Waals surface area contributed by atoms with Gasteiger partial charge in [-0.15, -0.1) is 0 Å². The summed E-state index contributed by atoms with van der Waals surface area (Å²) in [5.41, 5.74) is 1.39. The van der Waals surface area contributed by atoms with Crippen LogP contribution in [-0.2, 0) is 17.8 Å². The smallest absolute Gasteiger partial charge is 0.0495 e. The molecule has 1 saturated heterocycles. The predicted molar refractivity (Wildman–Crippen MR) is 70.0 cm³/mol. The number of nitrogens with zero attached hydrogens (tertiary/aromatic N) is 1. The van der Waals surface area contributed by atoms with Gasteiger partial charge in [0.1, 0.15) is 0 Å². The van der Waals surface area contributed by atoms with Crippen molar-refractivity contribution in [2.24, 2.45) is 5.92 Å². The van der Waals surface area contributed by atoms with Gasteiger partial charge in [-0.1, -0.05) is 6.92 Å². The van der Waals surface area contributed by atoms with Crippen molar-refractivity contribution in [1.82, 2.24) is 9.88 Å². The third kappa shape index (κ3) is 4.17. The van der Waals surface area contributed by atoms with Gasteiger partial charge in [-0.25, -0.2) is 0 Å². The van der Waals surface area contributed by atoms with Crippen LogP contribution in [0.1, 0.15) is 31.7 Å². The van der Waals surface area contributed by atoms with Crippen molar-refractivity contribution in [2.75, 3.05) is 19.8 Å². The van der Waals surface area contributed by atoms with E-state index in [1.165, 1.54) is 24.8 Å². The molecule has 2 heterocycles. The van der Waals surface area contributed by atoms with E-state index in [0.29, 0.717) is 0 Å². The molecule has 96 valence electrons. The largest absolute Gasteiger partial charge is 0.381 e. The fourth-order valence-electron chi connectivity index (χ4n) is 2.34. The minimum absolute atomic E-state index is 0.784. The monoisotopic (exact) mass is 236 g/mol. The molecule has 1 aromatic rings. The molecule has 1 atom stereocenters. The molecule has 0 spiro atoms. The molecule has 1 N–H and O–H groups in total. The summed E-state index contributed by atoms with van der Waals surface area (Å²) in [5, 5.41) is 3.52. The Bertz CT molecular complexity index is 316. The van der Waals surface area contributed by atoms with Gasteiger partial charge in [0.15, 0.2) is 0 Å². The molecule has 1 aromatic heterocycles. The Morgan fingerprint density at radius 2 is 2.47 bits per heavy atom. The number of hydrogen-bond acceptors (Lipinski definition) is 2. The van der Waals surface area contributed by atoms with E-state index in [1.807, 2.05) is 0 Å². The van der Waals surface area contributed by atoms with Crippen molar-refractivity contribution < 1.29 is 4.74 Å². The Hall–Kier alpha value is -0.800. The molecule has 0 aliphatic carbocycles. The molecular formula is C14H24N2O. The molecule has 0 saturated carbocycles. The first kappa shape index (κ1) is 12.7. The number of aromatic nitrogens is 1.